The number of carbonyl (C=O) groups is 4. The Bertz CT molecular complexity index is 2680. The first-order valence-corrected chi connectivity index (χ1v) is 22.4. The lowest BCUT2D eigenvalue weighted by atomic mass is 9.82. The maximum atomic E-state index is 14.2. The summed E-state index contributed by atoms with van der Waals surface area (Å²) in [4.78, 5) is 45.9. The Morgan fingerprint density at radius 3 is 1.46 bits per heavy atom. The number of aliphatic hydroxyl groups is 2. The molecule has 4 atom stereocenters. The second-order valence-electron chi connectivity index (χ2n) is 16.8. The van der Waals surface area contributed by atoms with Crippen LogP contribution in [0.4, 0.5) is 8.78 Å². The van der Waals surface area contributed by atoms with Crippen LogP contribution in [-0.4, -0.2) is 85.0 Å². The molecule has 1 amide bonds. The smallest absolute Gasteiger partial charge is 0.374 e. The van der Waals surface area contributed by atoms with E-state index in [0.717, 1.165) is 11.1 Å². The number of aliphatic carboxylic acids is 2. The number of carbonyl (C=O) groups excluding carboxylic acids is 1. The molecule has 0 radical (unpaired) electrons. The number of aromatic carboxylic acids is 1. The first kappa shape index (κ1) is 55.1. The van der Waals surface area contributed by atoms with Crippen LogP contribution >= 0.6 is 23.2 Å². The van der Waals surface area contributed by atoms with E-state index in [-0.39, 0.29) is 36.6 Å². The van der Waals surface area contributed by atoms with E-state index in [0.29, 0.717) is 62.9 Å². The van der Waals surface area contributed by atoms with Gasteiger partial charge in [0, 0.05) is 45.4 Å². The van der Waals surface area contributed by atoms with Crippen LogP contribution in [0.2, 0.25) is 10.0 Å². The molecule has 0 saturated carbocycles. The van der Waals surface area contributed by atoms with E-state index in [1.54, 1.807) is 42.5 Å². The summed E-state index contributed by atoms with van der Waals surface area (Å²) in [5.41, 5.74) is 8.41. The van der Waals surface area contributed by atoms with Crippen molar-refractivity contribution in [1.82, 2.24) is 15.6 Å². The number of rotatable bonds is 19. The second kappa shape index (κ2) is 25.2. The summed E-state index contributed by atoms with van der Waals surface area (Å²) in [6.45, 7) is 5.58. The Kier molecular flexibility index (Phi) is 20.1. The Hall–Kier alpha value is -6.50. The van der Waals surface area contributed by atoms with Crippen molar-refractivity contribution in [3.8, 4) is 22.3 Å². The highest BCUT2D eigenvalue weighted by molar-refractivity contribution is 6.31. The van der Waals surface area contributed by atoms with Gasteiger partial charge < -0.3 is 45.6 Å². The number of nitrogens with one attached hydrogen (secondary N) is 1. The molecule has 8 N–H and O–H groups in total. The first-order chi connectivity index (χ1) is 32.6. The molecular formula is C50H54Cl2F2N4O11. The van der Waals surface area contributed by atoms with Crippen molar-refractivity contribution in [3.63, 3.8) is 0 Å². The number of nitrogens with two attached hydrogens (primary N) is 1. The van der Waals surface area contributed by atoms with Crippen LogP contribution in [0.25, 0.3) is 22.3 Å². The molecule has 0 aliphatic rings. The molecule has 0 fully saturated rings. The van der Waals surface area contributed by atoms with E-state index in [1.807, 2.05) is 26.0 Å². The molecular weight excluding hydrogens is 941 g/mol. The fraction of sp³-hybridized carbons (Fsp3) is 0.320. The van der Waals surface area contributed by atoms with Gasteiger partial charge in [-0.2, -0.15) is 0 Å². The number of hydrogen-bond acceptors (Lipinski definition) is 11. The van der Waals surface area contributed by atoms with Crippen LogP contribution in [0.1, 0.15) is 84.2 Å². The number of carboxylic acids is 3. The van der Waals surface area contributed by atoms with Crippen molar-refractivity contribution >= 4 is 47.0 Å². The molecule has 15 nitrogen and oxygen atoms in total. The lowest BCUT2D eigenvalue weighted by molar-refractivity contribution is -0.152. The normalized spacial score (nSPS) is 13.6. The summed E-state index contributed by atoms with van der Waals surface area (Å²) in [5, 5.41) is 57.1. The van der Waals surface area contributed by atoms with Crippen LogP contribution in [0, 0.1) is 22.5 Å². The number of aliphatic hydroxyl groups excluding tert-OH is 2. The second-order valence-corrected chi connectivity index (χ2v) is 17.7. The average molecular weight is 996 g/mol. The number of amides is 1. The third-order valence-corrected chi connectivity index (χ3v) is 11.6. The molecule has 2 aromatic heterocycles. The summed E-state index contributed by atoms with van der Waals surface area (Å²) in [6.07, 6.45) is 2.16. The van der Waals surface area contributed by atoms with Crippen molar-refractivity contribution in [2.75, 3.05) is 13.2 Å². The molecule has 19 heteroatoms. The topological polar surface area (TPSA) is 260 Å². The molecule has 0 unspecified atom stereocenters. The van der Waals surface area contributed by atoms with Gasteiger partial charge in [0.15, 0.2) is 0 Å². The minimum atomic E-state index is -1.46. The molecule has 0 saturated heterocycles. The Labute approximate surface area is 406 Å². The van der Waals surface area contributed by atoms with Crippen molar-refractivity contribution in [2.45, 2.75) is 78.3 Å². The summed E-state index contributed by atoms with van der Waals surface area (Å²) in [6, 6.07) is 24.8. The molecule has 0 spiro atoms. The molecule has 368 valence electrons. The number of benzene rings is 4. The average Bonchev–Trinajstić information content (AvgIpc) is 4.03. The molecule has 0 aliphatic heterocycles. The SMILES string of the molecule is CCc1cc(C(=O)N[C@H](Cc2ccc(-c3cc(Cl)ccc3F)cc2)C[C@@](C)(CO)C(=O)O)on1.CCc1cc(C(=O)O)on1.C[C@@](CO)(C[C@H](N)Cc1ccc(-c2cc(Cl)ccc2F)cc1)C(=O)O. The van der Waals surface area contributed by atoms with Crippen LogP contribution in [-0.2, 0) is 35.3 Å². The fourth-order valence-corrected chi connectivity index (χ4v) is 7.24. The molecule has 6 aromatic rings. The highest BCUT2D eigenvalue weighted by atomic mass is 35.5. The van der Waals surface area contributed by atoms with Gasteiger partial charge in [0.25, 0.3) is 5.91 Å². The molecule has 6 rings (SSSR count). The van der Waals surface area contributed by atoms with E-state index < -0.39 is 65.8 Å². The summed E-state index contributed by atoms with van der Waals surface area (Å²) in [5.74, 6) is -4.68. The van der Waals surface area contributed by atoms with Gasteiger partial charge in [-0.1, -0.05) is 95.9 Å². The van der Waals surface area contributed by atoms with Crippen molar-refractivity contribution in [1.29, 1.82) is 0 Å². The third kappa shape index (κ3) is 15.8. The maximum absolute atomic E-state index is 14.2. The van der Waals surface area contributed by atoms with Gasteiger partial charge in [0.1, 0.15) is 11.6 Å². The predicted molar refractivity (Wildman–Crippen MR) is 254 cm³/mol. The highest BCUT2D eigenvalue weighted by Crippen LogP contribution is 2.30. The van der Waals surface area contributed by atoms with Gasteiger partial charge in [-0.25, -0.2) is 13.6 Å². The van der Waals surface area contributed by atoms with Gasteiger partial charge in [0.05, 0.1) is 35.4 Å². The summed E-state index contributed by atoms with van der Waals surface area (Å²) >= 11 is 11.9. The number of aromatic nitrogens is 2. The van der Waals surface area contributed by atoms with Gasteiger partial charge >= 0.3 is 17.9 Å². The first-order valence-electron chi connectivity index (χ1n) is 21.6. The molecule has 69 heavy (non-hydrogen) atoms. The molecule has 0 bridgehead atoms. The molecule has 0 aliphatic carbocycles. The Morgan fingerprint density at radius 1 is 0.652 bits per heavy atom. The largest absolute Gasteiger partial charge is 0.481 e. The lowest BCUT2D eigenvalue weighted by Gasteiger charge is -2.28. The van der Waals surface area contributed by atoms with Crippen molar-refractivity contribution < 1.29 is 62.5 Å². The molecule has 2 heterocycles. The van der Waals surface area contributed by atoms with Crippen LogP contribution in [0.3, 0.4) is 0 Å². The van der Waals surface area contributed by atoms with Gasteiger partial charge in [-0.05, 0) is 111 Å². The number of nitrogens with zero attached hydrogens (tertiary/aromatic N) is 2. The highest BCUT2D eigenvalue weighted by Gasteiger charge is 2.37. The van der Waals surface area contributed by atoms with Crippen LogP contribution in [0.5, 0.6) is 0 Å². The van der Waals surface area contributed by atoms with E-state index in [9.17, 15) is 48.4 Å². The Morgan fingerprint density at radius 2 is 1.07 bits per heavy atom. The predicted octanol–water partition coefficient (Wildman–Crippen LogP) is 8.94. The number of hydrogen-bond donors (Lipinski definition) is 7. The van der Waals surface area contributed by atoms with E-state index in [4.69, 9.17) is 38.6 Å². The number of carboxylic acid groups (broad SMARTS) is 3. The van der Waals surface area contributed by atoms with Crippen molar-refractivity contribution in [2.24, 2.45) is 16.6 Å². The van der Waals surface area contributed by atoms with Crippen LogP contribution in [0.15, 0.2) is 106 Å². The summed E-state index contributed by atoms with van der Waals surface area (Å²) < 4.78 is 37.7. The van der Waals surface area contributed by atoms with Crippen LogP contribution < -0.4 is 11.1 Å². The number of aryl methyl sites for hydroxylation is 2. The third-order valence-electron chi connectivity index (χ3n) is 11.1. The van der Waals surface area contributed by atoms with E-state index >= 15 is 0 Å². The van der Waals surface area contributed by atoms with E-state index in [2.05, 4.69) is 20.2 Å². The van der Waals surface area contributed by atoms with Crippen molar-refractivity contribution in [3.05, 3.63) is 153 Å². The summed E-state index contributed by atoms with van der Waals surface area (Å²) in [7, 11) is 0. The molecule has 4 aromatic carbocycles. The monoisotopic (exact) mass is 994 g/mol. The fourth-order valence-electron chi connectivity index (χ4n) is 6.89. The lowest BCUT2D eigenvalue weighted by Crippen LogP contribution is -2.44. The van der Waals surface area contributed by atoms with Gasteiger partial charge in [-0.3, -0.25) is 14.4 Å². The zero-order chi connectivity index (χ0) is 51.1. The minimum absolute atomic E-state index is 0.0228. The zero-order valence-electron chi connectivity index (χ0n) is 38.2. The Balaban J connectivity index is 0.000000258. The number of halogens is 4. The quantitative estimate of drug-likeness (QED) is 0.0400. The van der Waals surface area contributed by atoms with E-state index in [1.165, 1.54) is 56.3 Å². The standard InChI is InChI=1S/C25H26ClFN2O5.C19H21ClFNO3.C6H7NO3/c1-3-18-12-22(34-29-18)23(31)28-19(13-25(2,14-30)24(32)33)10-15-4-6-16(7-5-15)20-11-17(26)8-9-21(20)27;1-19(11-23,18(24)25)10-15(22)8-12-2-4-13(5-3-12)16-9-14(20)6-7-17(16)21;1-2-4-3-5(6(8)9)10-7-4/h4-9,11-12,19,30H,3,10,13-14H2,1-2H3,(H,28,31)(H,32,33);2-7,9,15,23H,8,10-11,22H2,1H3,(H,24,25);3H,2H2,1H3,(H,8,9)/t19-,25+;15-,19+;/m11./s1. The maximum Gasteiger partial charge on any atom is 0.374 e. The minimum Gasteiger partial charge on any atom is -0.481 e. The van der Waals surface area contributed by atoms with Gasteiger partial charge in [-0.15, -0.1) is 0 Å². The zero-order valence-corrected chi connectivity index (χ0v) is 39.7. The van der Waals surface area contributed by atoms with Gasteiger partial charge in [0.2, 0.25) is 11.5 Å².